The second kappa shape index (κ2) is 20.9. The van der Waals surface area contributed by atoms with Crippen molar-refractivity contribution in [2.75, 3.05) is 19.8 Å². The van der Waals surface area contributed by atoms with E-state index in [1.54, 1.807) is 0 Å². The Bertz CT molecular complexity index is 77.2. The molecule has 0 aliphatic heterocycles. The molecule has 4 heteroatoms. The third-order valence-electron chi connectivity index (χ3n) is 1.10. The van der Waals surface area contributed by atoms with E-state index in [2.05, 4.69) is 0 Å². The Morgan fingerprint density at radius 2 is 0.625 bits per heavy atom. The molecule has 0 aromatic carbocycles. The standard InChI is InChI=1S/3C4H10O.W/c3*1-4(2)3-5;/h3*4-5H,3H2,1-2H3;. The van der Waals surface area contributed by atoms with E-state index in [1.165, 1.54) is 0 Å². The minimum Gasteiger partial charge on any atom is -0.396 e. The van der Waals surface area contributed by atoms with Crippen molar-refractivity contribution in [3.63, 3.8) is 0 Å². The van der Waals surface area contributed by atoms with Gasteiger partial charge in [0.25, 0.3) is 0 Å². The third kappa shape index (κ3) is 62.2. The summed E-state index contributed by atoms with van der Waals surface area (Å²) >= 11 is 0. The molecular weight excluding hydrogens is 376 g/mol. The van der Waals surface area contributed by atoms with Gasteiger partial charge in [-0.3, -0.25) is 0 Å². The van der Waals surface area contributed by atoms with Crippen LogP contribution in [0.1, 0.15) is 41.5 Å². The minimum absolute atomic E-state index is 0. The van der Waals surface area contributed by atoms with Crippen molar-refractivity contribution in [2.45, 2.75) is 41.5 Å². The van der Waals surface area contributed by atoms with E-state index in [1.807, 2.05) is 41.5 Å². The molecule has 0 saturated heterocycles. The van der Waals surface area contributed by atoms with E-state index in [4.69, 9.17) is 15.3 Å². The monoisotopic (exact) mass is 406 g/mol. The second-order valence-corrected chi connectivity index (χ2v) is 4.73. The quantitative estimate of drug-likeness (QED) is 0.671. The first-order valence-corrected chi connectivity index (χ1v) is 5.64. The predicted octanol–water partition coefficient (Wildman–Crippen LogP) is 1.90. The van der Waals surface area contributed by atoms with Crippen LogP contribution < -0.4 is 0 Å². The van der Waals surface area contributed by atoms with E-state index in [0.717, 1.165) is 0 Å². The fraction of sp³-hybridized carbons (Fsp3) is 1.00. The van der Waals surface area contributed by atoms with Crippen molar-refractivity contribution < 1.29 is 36.4 Å². The Morgan fingerprint density at radius 3 is 0.625 bits per heavy atom. The number of aliphatic hydroxyl groups is 3. The Balaban J connectivity index is -0.0000000655. The molecule has 0 heterocycles. The van der Waals surface area contributed by atoms with Gasteiger partial charge in [0.15, 0.2) is 0 Å². The SMILES string of the molecule is CC(C)CO.CC(C)CO.CC(C)CO.[W]. The van der Waals surface area contributed by atoms with Crippen LogP contribution in [0.3, 0.4) is 0 Å². The van der Waals surface area contributed by atoms with Crippen LogP contribution >= 0.6 is 0 Å². The van der Waals surface area contributed by atoms with Gasteiger partial charge in [0.05, 0.1) is 0 Å². The van der Waals surface area contributed by atoms with Gasteiger partial charge in [0.1, 0.15) is 0 Å². The Labute approximate surface area is 116 Å². The zero-order valence-electron chi connectivity index (χ0n) is 11.6. The van der Waals surface area contributed by atoms with Crippen molar-refractivity contribution in [2.24, 2.45) is 17.8 Å². The summed E-state index contributed by atoms with van der Waals surface area (Å²) in [6, 6.07) is 0. The molecule has 0 aromatic rings. The fourth-order valence-electron chi connectivity index (χ4n) is 0. The smallest absolute Gasteiger partial charge is 0.0453 e. The Morgan fingerprint density at radius 1 is 0.562 bits per heavy atom. The third-order valence-corrected chi connectivity index (χ3v) is 1.10. The first-order chi connectivity index (χ1) is 6.81. The second-order valence-electron chi connectivity index (χ2n) is 4.73. The average Bonchev–Trinajstić information content (AvgIpc) is 2.19. The summed E-state index contributed by atoms with van der Waals surface area (Å²) in [4.78, 5) is 0. The maximum Gasteiger partial charge on any atom is 0.0453 e. The van der Waals surface area contributed by atoms with Gasteiger partial charge >= 0.3 is 0 Å². The summed E-state index contributed by atoms with van der Waals surface area (Å²) in [5.41, 5.74) is 0. The topological polar surface area (TPSA) is 60.7 Å². The van der Waals surface area contributed by atoms with Crippen molar-refractivity contribution in [3.05, 3.63) is 0 Å². The average molecular weight is 406 g/mol. The summed E-state index contributed by atoms with van der Waals surface area (Å²) in [5, 5.41) is 24.4. The van der Waals surface area contributed by atoms with Crippen LogP contribution in [0.4, 0.5) is 0 Å². The van der Waals surface area contributed by atoms with Crippen LogP contribution in [0, 0.1) is 17.8 Å². The summed E-state index contributed by atoms with van der Waals surface area (Å²) < 4.78 is 0. The number of hydrogen-bond acceptors (Lipinski definition) is 3. The zero-order valence-corrected chi connectivity index (χ0v) is 14.5. The molecule has 3 N–H and O–H groups in total. The molecule has 0 spiro atoms. The summed E-state index contributed by atoms with van der Waals surface area (Å²) in [6.07, 6.45) is 0. The van der Waals surface area contributed by atoms with Gasteiger partial charge in [-0.15, -0.1) is 0 Å². The minimum atomic E-state index is 0. The molecule has 0 saturated carbocycles. The summed E-state index contributed by atoms with van der Waals surface area (Å²) in [5.74, 6) is 1.32. The predicted molar refractivity (Wildman–Crippen MR) is 65.8 cm³/mol. The summed E-state index contributed by atoms with van der Waals surface area (Å²) in [6.45, 7) is 12.7. The van der Waals surface area contributed by atoms with Gasteiger partial charge in [-0.05, 0) is 17.8 Å². The van der Waals surface area contributed by atoms with Crippen molar-refractivity contribution in [1.29, 1.82) is 0 Å². The maximum atomic E-state index is 8.14. The molecule has 0 radical (unpaired) electrons. The van der Waals surface area contributed by atoms with Crippen molar-refractivity contribution in [1.82, 2.24) is 0 Å². The largest absolute Gasteiger partial charge is 0.396 e. The molecule has 0 aliphatic carbocycles. The van der Waals surface area contributed by atoms with Crippen LogP contribution in [0.5, 0.6) is 0 Å². The van der Waals surface area contributed by atoms with E-state index in [9.17, 15) is 0 Å². The van der Waals surface area contributed by atoms with E-state index in [-0.39, 0.29) is 21.1 Å². The molecule has 16 heavy (non-hydrogen) atoms. The van der Waals surface area contributed by atoms with Crippen LogP contribution in [0.25, 0.3) is 0 Å². The molecule has 0 amide bonds. The van der Waals surface area contributed by atoms with Crippen molar-refractivity contribution >= 4 is 0 Å². The normalized spacial score (nSPS) is 9.00. The summed E-state index contributed by atoms with van der Waals surface area (Å²) in [7, 11) is 0. The van der Waals surface area contributed by atoms with Crippen LogP contribution in [0.2, 0.25) is 0 Å². The molecule has 0 unspecified atom stereocenters. The van der Waals surface area contributed by atoms with Gasteiger partial charge in [-0.1, -0.05) is 41.5 Å². The van der Waals surface area contributed by atoms with Gasteiger partial charge in [-0.2, -0.15) is 0 Å². The Kier molecular flexibility index (Phi) is 33.2. The maximum absolute atomic E-state index is 8.14. The zero-order chi connectivity index (χ0) is 12.9. The van der Waals surface area contributed by atoms with E-state index >= 15 is 0 Å². The molecule has 0 aromatic heterocycles. The molecule has 0 atom stereocenters. The van der Waals surface area contributed by atoms with Crippen LogP contribution in [0.15, 0.2) is 0 Å². The molecule has 102 valence electrons. The molecule has 0 bridgehead atoms. The molecule has 0 fully saturated rings. The van der Waals surface area contributed by atoms with E-state index in [0.29, 0.717) is 37.6 Å². The molecule has 3 nitrogen and oxygen atoms in total. The number of aliphatic hydroxyl groups excluding tert-OH is 3. The van der Waals surface area contributed by atoms with Gasteiger partial charge in [0.2, 0.25) is 0 Å². The van der Waals surface area contributed by atoms with E-state index < -0.39 is 0 Å². The van der Waals surface area contributed by atoms with Gasteiger partial charge < -0.3 is 15.3 Å². The number of rotatable bonds is 3. The van der Waals surface area contributed by atoms with Crippen LogP contribution in [-0.4, -0.2) is 35.1 Å². The first-order valence-electron chi connectivity index (χ1n) is 5.64. The fourth-order valence-corrected chi connectivity index (χ4v) is 0. The molecule has 0 aliphatic rings. The molecular formula is C12H30O3W. The Hall–Kier alpha value is 0.568. The first kappa shape index (κ1) is 25.4. The van der Waals surface area contributed by atoms with Crippen molar-refractivity contribution in [3.8, 4) is 0 Å². The van der Waals surface area contributed by atoms with Crippen LogP contribution in [-0.2, 0) is 21.1 Å². The molecule has 0 rings (SSSR count). The van der Waals surface area contributed by atoms with Gasteiger partial charge in [-0.25, -0.2) is 0 Å². The number of hydrogen-bond donors (Lipinski definition) is 3. The van der Waals surface area contributed by atoms with Gasteiger partial charge in [0, 0.05) is 40.9 Å².